The van der Waals surface area contributed by atoms with Gasteiger partial charge in [0.2, 0.25) is 0 Å². The highest BCUT2D eigenvalue weighted by molar-refractivity contribution is 7.14. The van der Waals surface area contributed by atoms with Crippen LogP contribution in [0, 0.1) is 5.92 Å². The number of hydrogen-bond acceptors (Lipinski definition) is 4. The van der Waals surface area contributed by atoms with Gasteiger partial charge < -0.3 is 4.74 Å². The van der Waals surface area contributed by atoms with E-state index in [2.05, 4.69) is 12.3 Å². The minimum atomic E-state index is -0.236. The second-order valence-electron chi connectivity index (χ2n) is 5.11. The predicted molar refractivity (Wildman–Crippen MR) is 76.8 cm³/mol. The van der Waals surface area contributed by atoms with E-state index in [0.29, 0.717) is 17.6 Å². The summed E-state index contributed by atoms with van der Waals surface area (Å²) < 4.78 is 5.98. The number of amides is 1. The van der Waals surface area contributed by atoms with Crippen molar-refractivity contribution in [3.05, 3.63) is 21.9 Å². The molecule has 4 nitrogen and oxygen atoms in total. The zero-order chi connectivity index (χ0) is 13.7. The number of nitrogens with two attached hydrogens (primary N) is 1. The smallest absolute Gasteiger partial charge is 0.275 e. The van der Waals surface area contributed by atoms with Crippen molar-refractivity contribution in [2.75, 3.05) is 0 Å². The van der Waals surface area contributed by atoms with Crippen LogP contribution in [0.5, 0.6) is 0 Å². The van der Waals surface area contributed by atoms with Gasteiger partial charge in [-0.2, -0.15) is 0 Å². The first-order valence-electron chi connectivity index (χ1n) is 6.94. The monoisotopic (exact) mass is 282 g/mol. The fourth-order valence-corrected chi connectivity index (χ4v) is 3.45. The van der Waals surface area contributed by atoms with Crippen LogP contribution in [0.2, 0.25) is 0 Å². The lowest BCUT2D eigenvalue weighted by Crippen LogP contribution is -2.29. The molecule has 1 fully saturated rings. The molecular weight excluding hydrogens is 260 g/mol. The summed E-state index contributed by atoms with van der Waals surface area (Å²) in [5, 5.41) is 0. The van der Waals surface area contributed by atoms with Gasteiger partial charge >= 0.3 is 0 Å². The summed E-state index contributed by atoms with van der Waals surface area (Å²) >= 11 is 1.44. The molecule has 2 unspecified atom stereocenters. The van der Waals surface area contributed by atoms with Crippen LogP contribution in [-0.4, -0.2) is 12.0 Å². The molecule has 1 amide bonds. The third-order valence-corrected chi connectivity index (χ3v) is 4.85. The largest absolute Gasteiger partial charge is 0.373 e. The van der Waals surface area contributed by atoms with E-state index in [4.69, 9.17) is 10.6 Å². The van der Waals surface area contributed by atoms with Crippen LogP contribution in [0.3, 0.4) is 0 Å². The fraction of sp³-hybridized carbons (Fsp3) is 0.643. The number of hydrogen-bond donors (Lipinski definition) is 2. The first-order valence-corrected chi connectivity index (χ1v) is 7.75. The van der Waals surface area contributed by atoms with Crippen molar-refractivity contribution in [3.63, 3.8) is 0 Å². The normalized spacial score (nSPS) is 23.3. The number of hydrazine groups is 1. The summed E-state index contributed by atoms with van der Waals surface area (Å²) in [6.07, 6.45) is 6.59. The van der Waals surface area contributed by atoms with E-state index in [1.807, 2.05) is 6.07 Å². The maximum atomic E-state index is 11.3. The zero-order valence-corrected chi connectivity index (χ0v) is 12.2. The van der Waals surface area contributed by atoms with E-state index >= 15 is 0 Å². The van der Waals surface area contributed by atoms with Gasteiger partial charge in [-0.25, -0.2) is 5.84 Å². The van der Waals surface area contributed by atoms with Crippen LogP contribution in [0.1, 0.15) is 53.6 Å². The molecule has 0 radical (unpaired) electrons. The topological polar surface area (TPSA) is 64.3 Å². The van der Waals surface area contributed by atoms with Gasteiger partial charge in [0, 0.05) is 4.88 Å². The van der Waals surface area contributed by atoms with Crippen molar-refractivity contribution in [3.8, 4) is 0 Å². The molecule has 106 valence electrons. The number of nitrogens with one attached hydrogen (secondary N) is 1. The predicted octanol–water partition coefficient (Wildman–Crippen LogP) is 2.84. The second kappa shape index (κ2) is 7.03. The van der Waals surface area contributed by atoms with E-state index in [0.717, 1.165) is 17.2 Å². The van der Waals surface area contributed by atoms with Crippen LogP contribution >= 0.6 is 11.3 Å². The number of thiophene rings is 1. The molecule has 1 saturated carbocycles. The highest BCUT2D eigenvalue weighted by Crippen LogP contribution is 2.29. The Balaban J connectivity index is 1.81. The lowest BCUT2D eigenvalue weighted by Gasteiger charge is -2.28. The summed E-state index contributed by atoms with van der Waals surface area (Å²) in [7, 11) is 0. The van der Waals surface area contributed by atoms with E-state index in [9.17, 15) is 4.79 Å². The first-order chi connectivity index (χ1) is 9.22. The molecule has 2 atom stereocenters. The summed E-state index contributed by atoms with van der Waals surface area (Å²) in [5.74, 6) is 5.69. The summed E-state index contributed by atoms with van der Waals surface area (Å²) in [6, 6.07) is 3.73. The van der Waals surface area contributed by atoms with Gasteiger partial charge in [0.05, 0.1) is 17.6 Å². The molecule has 1 aromatic heterocycles. The summed E-state index contributed by atoms with van der Waals surface area (Å²) in [6.45, 7) is 2.85. The van der Waals surface area contributed by atoms with Gasteiger partial charge in [0.1, 0.15) is 0 Å². The Morgan fingerprint density at radius 1 is 1.53 bits per heavy atom. The third-order valence-electron chi connectivity index (χ3n) is 3.79. The molecule has 19 heavy (non-hydrogen) atoms. The van der Waals surface area contributed by atoms with E-state index < -0.39 is 0 Å². The molecule has 5 heteroatoms. The number of nitrogen functional groups attached to an aromatic ring is 1. The Kier molecular flexibility index (Phi) is 5.36. The molecule has 0 aromatic carbocycles. The standard InChI is InChI=1S/C14H22N2O2S/c1-2-10-4-3-5-11(8-10)18-9-12-6-7-13(19-12)14(17)16-15/h6-7,10-11H,2-5,8-9,15H2,1H3,(H,16,17). The highest BCUT2D eigenvalue weighted by atomic mass is 32.1. The van der Waals surface area contributed by atoms with Crippen LogP contribution in [0.4, 0.5) is 0 Å². The highest BCUT2D eigenvalue weighted by Gasteiger charge is 2.21. The van der Waals surface area contributed by atoms with E-state index in [1.54, 1.807) is 6.07 Å². The molecule has 1 aliphatic rings. The van der Waals surface area contributed by atoms with Gasteiger partial charge in [0.15, 0.2) is 0 Å². The minimum Gasteiger partial charge on any atom is -0.373 e. The Labute approximate surface area is 118 Å². The Morgan fingerprint density at radius 3 is 3.11 bits per heavy atom. The molecular formula is C14H22N2O2S. The number of rotatable bonds is 5. The van der Waals surface area contributed by atoms with Crippen molar-refractivity contribution in [1.82, 2.24) is 5.43 Å². The second-order valence-corrected chi connectivity index (χ2v) is 6.28. The van der Waals surface area contributed by atoms with Crippen molar-refractivity contribution in [1.29, 1.82) is 0 Å². The lowest BCUT2D eigenvalue weighted by atomic mass is 9.85. The van der Waals surface area contributed by atoms with Gasteiger partial charge in [-0.15, -0.1) is 11.3 Å². The molecule has 2 rings (SSSR count). The molecule has 1 heterocycles. The van der Waals surface area contributed by atoms with Crippen molar-refractivity contribution in [2.24, 2.45) is 11.8 Å². The van der Waals surface area contributed by atoms with Crippen LogP contribution < -0.4 is 11.3 Å². The molecule has 0 saturated heterocycles. The molecule has 0 bridgehead atoms. The van der Waals surface area contributed by atoms with Crippen molar-refractivity contribution in [2.45, 2.75) is 51.7 Å². The summed E-state index contributed by atoms with van der Waals surface area (Å²) in [4.78, 5) is 13.1. The molecule has 0 spiro atoms. The van der Waals surface area contributed by atoms with Gasteiger partial charge in [-0.05, 0) is 30.9 Å². The maximum absolute atomic E-state index is 11.3. The molecule has 0 aliphatic heterocycles. The first kappa shape index (κ1) is 14.5. The van der Waals surface area contributed by atoms with Crippen molar-refractivity contribution >= 4 is 17.2 Å². The average Bonchev–Trinajstić information content (AvgIpc) is 2.93. The zero-order valence-electron chi connectivity index (χ0n) is 11.4. The fourth-order valence-electron chi connectivity index (χ4n) is 2.61. The van der Waals surface area contributed by atoms with Crippen molar-refractivity contribution < 1.29 is 9.53 Å². The molecule has 1 aliphatic carbocycles. The molecule has 3 N–H and O–H groups in total. The number of carbonyl (C=O) groups excluding carboxylic acids is 1. The Bertz CT molecular complexity index is 419. The number of ether oxygens (including phenoxy) is 1. The quantitative estimate of drug-likeness (QED) is 0.496. The van der Waals surface area contributed by atoms with Crippen LogP contribution in [-0.2, 0) is 11.3 Å². The van der Waals surface area contributed by atoms with Crippen LogP contribution in [0.15, 0.2) is 12.1 Å². The lowest BCUT2D eigenvalue weighted by molar-refractivity contribution is 0.00298. The summed E-state index contributed by atoms with van der Waals surface area (Å²) in [5.41, 5.74) is 2.14. The van der Waals surface area contributed by atoms with Gasteiger partial charge in [-0.1, -0.05) is 26.2 Å². The maximum Gasteiger partial charge on any atom is 0.275 e. The third kappa shape index (κ3) is 4.03. The van der Waals surface area contributed by atoms with Gasteiger partial charge in [0.25, 0.3) is 5.91 Å². The number of carbonyl (C=O) groups is 1. The SMILES string of the molecule is CCC1CCCC(OCc2ccc(C(=O)NN)s2)C1. The Morgan fingerprint density at radius 2 is 2.37 bits per heavy atom. The Hall–Kier alpha value is -0.910. The van der Waals surface area contributed by atoms with Gasteiger partial charge in [-0.3, -0.25) is 10.2 Å². The molecule has 1 aromatic rings. The average molecular weight is 282 g/mol. The van der Waals surface area contributed by atoms with E-state index in [-0.39, 0.29) is 5.91 Å². The van der Waals surface area contributed by atoms with Crippen LogP contribution in [0.25, 0.3) is 0 Å². The van der Waals surface area contributed by atoms with E-state index in [1.165, 1.54) is 37.0 Å². The minimum absolute atomic E-state index is 0.236.